The van der Waals surface area contributed by atoms with Crippen molar-refractivity contribution in [2.45, 2.75) is 226 Å². The van der Waals surface area contributed by atoms with Crippen LogP contribution in [0.1, 0.15) is 220 Å². The number of hydrogen-bond donors (Lipinski definition) is 0. The second kappa shape index (κ2) is 46.5. The summed E-state index contributed by atoms with van der Waals surface area (Å²) in [7, 11) is 0. The molecule has 0 fully saturated rings. The molecular formula is C52H88O6. The van der Waals surface area contributed by atoms with Gasteiger partial charge in [-0.25, -0.2) is 0 Å². The fourth-order valence-electron chi connectivity index (χ4n) is 6.38. The molecular weight excluding hydrogens is 721 g/mol. The first-order valence-corrected chi connectivity index (χ1v) is 23.9. The van der Waals surface area contributed by atoms with Crippen molar-refractivity contribution in [2.24, 2.45) is 0 Å². The lowest BCUT2D eigenvalue weighted by Gasteiger charge is -2.18. The maximum atomic E-state index is 12.6. The Bertz CT molecular complexity index is 1110. The predicted molar refractivity (Wildman–Crippen MR) is 247 cm³/mol. The number of hydrogen-bond acceptors (Lipinski definition) is 6. The Morgan fingerprint density at radius 2 is 0.672 bits per heavy atom. The van der Waals surface area contributed by atoms with Gasteiger partial charge in [-0.15, -0.1) is 0 Å². The van der Waals surface area contributed by atoms with E-state index in [1.807, 2.05) is 0 Å². The Hall–Kier alpha value is -3.15. The van der Waals surface area contributed by atoms with Crippen LogP contribution in [0, 0.1) is 0 Å². The second-order valence-electron chi connectivity index (χ2n) is 15.6. The van der Waals surface area contributed by atoms with Crippen LogP contribution in [0.3, 0.4) is 0 Å². The van der Waals surface area contributed by atoms with E-state index in [1.165, 1.54) is 77.0 Å². The number of unbranched alkanes of at least 4 members (excludes halogenated alkanes) is 19. The highest BCUT2D eigenvalue weighted by atomic mass is 16.6. The monoisotopic (exact) mass is 809 g/mol. The average Bonchev–Trinajstić information content (AvgIpc) is 3.22. The zero-order chi connectivity index (χ0) is 42.3. The van der Waals surface area contributed by atoms with Crippen LogP contribution in [0.25, 0.3) is 0 Å². The Balaban J connectivity index is 4.05. The first-order chi connectivity index (χ1) is 28.5. The van der Waals surface area contributed by atoms with Crippen molar-refractivity contribution in [3.63, 3.8) is 0 Å². The molecule has 332 valence electrons. The summed E-state index contributed by atoms with van der Waals surface area (Å²) in [4.78, 5) is 37.4. The molecule has 0 saturated carbocycles. The van der Waals surface area contributed by atoms with E-state index in [0.717, 1.165) is 103 Å². The molecule has 6 heteroatoms. The van der Waals surface area contributed by atoms with Crippen molar-refractivity contribution in [1.82, 2.24) is 0 Å². The molecule has 0 N–H and O–H groups in total. The molecule has 0 aromatic rings. The molecule has 0 rings (SSSR count). The van der Waals surface area contributed by atoms with E-state index >= 15 is 0 Å². The number of allylic oxidation sites excluding steroid dienone is 12. The molecule has 58 heavy (non-hydrogen) atoms. The Kier molecular flexibility index (Phi) is 44.0. The summed E-state index contributed by atoms with van der Waals surface area (Å²) >= 11 is 0. The van der Waals surface area contributed by atoms with Crippen LogP contribution in [-0.2, 0) is 28.6 Å². The van der Waals surface area contributed by atoms with Gasteiger partial charge in [0.25, 0.3) is 0 Å². The third-order valence-electron chi connectivity index (χ3n) is 9.98. The van der Waals surface area contributed by atoms with Crippen molar-refractivity contribution in [1.29, 1.82) is 0 Å². The first kappa shape index (κ1) is 54.9. The highest BCUT2D eigenvalue weighted by Gasteiger charge is 2.19. The van der Waals surface area contributed by atoms with Gasteiger partial charge in [0.1, 0.15) is 13.2 Å². The topological polar surface area (TPSA) is 78.9 Å². The third-order valence-corrected chi connectivity index (χ3v) is 9.98. The van der Waals surface area contributed by atoms with Gasteiger partial charge in [0, 0.05) is 19.3 Å². The van der Waals surface area contributed by atoms with Gasteiger partial charge in [0.2, 0.25) is 0 Å². The Morgan fingerprint density at radius 3 is 1.05 bits per heavy atom. The SMILES string of the molecule is CC/C=C\C/C=C\C/C=C\C/C=C\C/C=C\C/C=C\CCCCCCCCCCC(=O)OCC(COC(=O)CCCCCCCC)OC(=O)CCCCCCCCC. The zero-order valence-corrected chi connectivity index (χ0v) is 37.8. The average molecular weight is 809 g/mol. The molecule has 0 amide bonds. The molecule has 6 nitrogen and oxygen atoms in total. The normalized spacial score (nSPS) is 12.7. The van der Waals surface area contributed by atoms with Crippen molar-refractivity contribution < 1.29 is 28.6 Å². The van der Waals surface area contributed by atoms with Crippen LogP contribution in [0.4, 0.5) is 0 Å². The van der Waals surface area contributed by atoms with Crippen molar-refractivity contribution in [3.8, 4) is 0 Å². The molecule has 0 heterocycles. The van der Waals surface area contributed by atoms with Gasteiger partial charge in [0.05, 0.1) is 0 Å². The standard InChI is InChI=1S/C52H88O6/c1-4-7-10-13-16-17-18-19-20-21-22-23-24-25-26-27-28-29-30-31-32-33-34-35-37-39-42-45-51(54)57-48-49(47-56-50(53)44-41-38-15-12-9-6-3)58-52(55)46-43-40-36-14-11-8-5-2/h7,10,16-17,19-20,22-23,25-26,28-29,49H,4-6,8-9,11-15,18,21,24,27,30-48H2,1-3H3/b10-7-,17-16-,20-19-,23-22-,26-25-,29-28-. The summed E-state index contributed by atoms with van der Waals surface area (Å²) in [6.07, 6.45) is 57.9. The van der Waals surface area contributed by atoms with Gasteiger partial charge in [0.15, 0.2) is 6.10 Å². The minimum atomic E-state index is -0.770. The second-order valence-corrected chi connectivity index (χ2v) is 15.6. The molecule has 0 bridgehead atoms. The van der Waals surface area contributed by atoms with Crippen molar-refractivity contribution in [3.05, 3.63) is 72.9 Å². The van der Waals surface area contributed by atoms with Crippen molar-refractivity contribution in [2.75, 3.05) is 13.2 Å². The lowest BCUT2D eigenvalue weighted by Crippen LogP contribution is -2.30. The summed E-state index contributed by atoms with van der Waals surface area (Å²) in [5.41, 5.74) is 0. The fourth-order valence-corrected chi connectivity index (χ4v) is 6.38. The minimum absolute atomic E-state index is 0.0773. The quantitative estimate of drug-likeness (QED) is 0.0264. The number of carbonyl (C=O) groups excluding carboxylic acids is 3. The Labute approximate surface area is 357 Å². The highest BCUT2D eigenvalue weighted by Crippen LogP contribution is 2.13. The van der Waals surface area contributed by atoms with E-state index in [-0.39, 0.29) is 31.1 Å². The van der Waals surface area contributed by atoms with E-state index in [2.05, 4.69) is 93.7 Å². The van der Waals surface area contributed by atoms with Crippen LogP contribution in [0.15, 0.2) is 72.9 Å². The van der Waals surface area contributed by atoms with E-state index < -0.39 is 6.10 Å². The van der Waals surface area contributed by atoms with Gasteiger partial charge in [-0.2, -0.15) is 0 Å². The molecule has 0 aliphatic rings. The highest BCUT2D eigenvalue weighted by molar-refractivity contribution is 5.71. The van der Waals surface area contributed by atoms with E-state index in [0.29, 0.717) is 19.3 Å². The maximum absolute atomic E-state index is 12.6. The lowest BCUT2D eigenvalue weighted by molar-refractivity contribution is -0.167. The van der Waals surface area contributed by atoms with Gasteiger partial charge in [-0.1, -0.05) is 203 Å². The lowest BCUT2D eigenvalue weighted by atomic mass is 10.1. The van der Waals surface area contributed by atoms with Crippen LogP contribution >= 0.6 is 0 Å². The number of carbonyl (C=O) groups is 3. The summed E-state index contributed by atoms with van der Waals surface area (Å²) in [5, 5.41) is 0. The smallest absolute Gasteiger partial charge is 0.306 e. The third kappa shape index (κ3) is 44.0. The first-order valence-electron chi connectivity index (χ1n) is 23.9. The summed E-state index contributed by atoms with van der Waals surface area (Å²) in [6.45, 7) is 6.39. The van der Waals surface area contributed by atoms with Crippen LogP contribution in [0.2, 0.25) is 0 Å². The molecule has 0 aromatic heterocycles. The summed E-state index contributed by atoms with van der Waals surface area (Å²) in [6, 6.07) is 0. The minimum Gasteiger partial charge on any atom is -0.462 e. The fraction of sp³-hybridized carbons (Fsp3) is 0.712. The number of ether oxygens (including phenoxy) is 3. The molecule has 0 spiro atoms. The number of esters is 3. The van der Waals surface area contributed by atoms with Crippen LogP contribution in [0.5, 0.6) is 0 Å². The number of rotatable bonds is 42. The molecule has 0 saturated heterocycles. The van der Waals surface area contributed by atoms with Crippen LogP contribution in [-0.4, -0.2) is 37.2 Å². The summed E-state index contributed by atoms with van der Waals surface area (Å²) < 4.78 is 16.6. The van der Waals surface area contributed by atoms with Crippen LogP contribution < -0.4 is 0 Å². The Morgan fingerprint density at radius 1 is 0.362 bits per heavy atom. The van der Waals surface area contributed by atoms with E-state index in [9.17, 15) is 14.4 Å². The predicted octanol–water partition coefficient (Wildman–Crippen LogP) is 15.5. The van der Waals surface area contributed by atoms with Crippen molar-refractivity contribution >= 4 is 17.9 Å². The zero-order valence-electron chi connectivity index (χ0n) is 37.8. The largest absolute Gasteiger partial charge is 0.462 e. The van der Waals surface area contributed by atoms with Gasteiger partial charge in [-0.05, 0) is 70.6 Å². The summed E-state index contributed by atoms with van der Waals surface area (Å²) in [5.74, 6) is -0.906. The van der Waals surface area contributed by atoms with Gasteiger partial charge in [-0.3, -0.25) is 14.4 Å². The molecule has 1 unspecified atom stereocenters. The molecule has 0 aliphatic carbocycles. The van der Waals surface area contributed by atoms with Gasteiger partial charge >= 0.3 is 17.9 Å². The molecule has 0 aliphatic heterocycles. The molecule has 1 atom stereocenters. The van der Waals surface area contributed by atoms with E-state index in [1.54, 1.807) is 0 Å². The van der Waals surface area contributed by atoms with Gasteiger partial charge < -0.3 is 14.2 Å². The molecule has 0 radical (unpaired) electrons. The maximum Gasteiger partial charge on any atom is 0.306 e. The molecule has 0 aromatic carbocycles. The van der Waals surface area contributed by atoms with E-state index in [4.69, 9.17) is 14.2 Å².